The number of nitrogens with zero attached hydrogens (tertiary/aromatic N) is 1. The average molecular weight is 418 g/mol. The number of nitriles is 1. The summed E-state index contributed by atoms with van der Waals surface area (Å²) in [6.45, 7) is 4.42. The third-order valence-corrected chi connectivity index (χ3v) is 5.03. The molecule has 6 nitrogen and oxygen atoms in total. The molecule has 2 aromatic carbocycles. The van der Waals surface area contributed by atoms with Gasteiger partial charge in [0.25, 0.3) is 0 Å². The van der Waals surface area contributed by atoms with Crippen LogP contribution < -0.4 is 10.1 Å². The van der Waals surface area contributed by atoms with E-state index >= 15 is 0 Å². The van der Waals surface area contributed by atoms with Crippen molar-refractivity contribution >= 4 is 11.7 Å². The summed E-state index contributed by atoms with van der Waals surface area (Å²) in [6.07, 6.45) is 5.68. The van der Waals surface area contributed by atoms with Crippen molar-refractivity contribution in [3.05, 3.63) is 82.8 Å². The molecule has 0 aliphatic rings. The number of carboxylic acids is 1. The highest BCUT2D eigenvalue weighted by molar-refractivity contribution is 5.81. The molecule has 0 bridgehead atoms. The maximum Gasteiger partial charge on any atom is 0.330 e. The lowest BCUT2D eigenvalue weighted by Crippen LogP contribution is -2.22. The van der Waals surface area contributed by atoms with Crippen molar-refractivity contribution in [2.75, 3.05) is 5.32 Å². The van der Waals surface area contributed by atoms with Gasteiger partial charge in [-0.15, -0.1) is 0 Å². The number of aliphatic carboxylic acids is 1. The molecule has 0 saturated heterocycles. The van der Waals surface area contributed by atoms with Crippen molar-refractivity contribution in [1.82, 2.24) is 0 Å². The molecule has 1 unspecified atom stereocenters. The summed E-state index contributed by atoms with van der Waals surface area (Å²) in [4.78, 5) is 12.3. The maximum atomic E-state index is 12.3. The number of ether oxygens (including phenoxy) is 1. The van der Waals surface area contributed by atoms with Crippen molar-refractivity contribution in [3.8, 4) is 11.8 Å². The molecule has 3 rings (SSSR count). The second-order valence-corrected chi connectivity index (χ2v) is 7.30. The Labute approximate surface area is 182 Å². The third-order valence-electron chi connectivity index (χ3n) is 5.03. The quantitative estimate of drug-likeness (QED) is 0.452. The van der Waals surface area contributed by atoms with Gasteiger partial charge in [0.05, 0.1) is 24.2 Å². The van der Waals surface area contributed by atoms with E-state index in [2.05, 4.69) is 24.4 Å². The first-order valence-electron chi connectivity index (χ1n) is 10.3. The van der Waals surface area contributed by atoms with Crippen LogP contribution in [0, 0.1) is 11.3 Å². The smallest absolute Gasteiger partial charge is 0.330 e. The Balaban J connectivity index is 2.03. The van der Waals surface area contributed by atoms with Gasteiger partial charge < -0.3 is 19.6 Å². The van der Waals surface area contributed by atoms with Crippen LogP contribution in [0.1, 0.15) is 54.1 Å². The third kappa shape index (κ3) is 5.46. The van der Waals surface area contributed by atoms with Crippen LogP contribution in [0.25, 0.3) is 0 Å². The molecule has 31 heavy (non-hydrogen) atoms. The first kappa shape index (κ1) is 22.0. The fourth-order valence-corrected chi connectivity index (χ4v) is 3.44. The number of furan rings is 1. The minimum Gasteiger partial charge on any atom is -0.488 e. The second-order valence-electron chi connectivity index (χ2n) is 7.30. The Bertz CT molecular complexity index is 1050. The van der Waals surface area contributed by atoms with E-state index in [4.69, 9.17) is 14.4 Å². The van der Waals surface area contributed by atoms with E-state index in [-0.39, 0.29) is 6.61 Å². The lowest BCUT2D eigenvalue weighted by atomic mass is 9.95. The van der Waals surface area contributed by atoms with Crippen molar-refractivity contribution in [2.24, 2.45) is 0 Å². The topological polar surface area (TPSA) is 95.5 Å². The Morgan fingerprint density at radius 2 is 1.97 bits per heavy atom. The maximum absolute atomic E-state index is 12.3. The first-order valence-corrected chi connectivity index (χ1v) is 10.3. The Hall–Kier alpha value is -3.72. The van der Waals surface area contributed by atoms with Gasteiger partial charge in [0.2, 0.25) is 0 Å². The molecule has 160 valence electrons. The summed E-state index contributed by atoms with van der Waals surface area (Å²) in [6, 6.07) is 13.6. The fourth-order valence-electron chi connectivity index (χ4n) is 3.44. The summed E-state index contributed by atoms with van der Waals surface area (Å²) in [5.41, 5.74) is 4.64. The molecule has 1 atom stereocenters. The predicted molar refractivity (Wildman–Crippen MR) is 118 cm³/mol. The van der Waals surface area contributed by atoms with Crippen LogP contribution in [0.2, 0.25) is 0 Å². The molecule has 0 spiro atoms. The van der Waals surface area contributed by atoms with Gasteiger partial charge in [-0.2, -0.15) is 5.26 Å². The Kier molecular flexibility index (Phi) is 7.34. The standard InChI is InChI=1S/C25H26N2O4/c1-3-5-20-12-17(4-2)13-22(24(20)31-16-19-10-11-30-15-19)23(25(28)29)27-21-8-6-18(14-26)7-9-21/h6-13,15,23,27H,3-5,16H2,1-2H3,(H,28,29). The molecular formula is C25H26N2O4. The van der Waals surface area contributed by atoms with Crippen LogP contribution in [0.3, 0.4) is 0 Å². The monoisotopic (exact) mass is 418 g/mol. The number of aryl methyl sites for hydroxylation is 2. The second kappa shape index (κ2) is 10.4. The number of benzene rings is 2. The number of rotatable bonds is 10. The number of carboxylic acid groups (broad SMARTS) is 1. The van der Waals surface area contributed by atoms with Crippen LogP contribution in [-0.2, 0) is 24.2 Å². The highest BCUT2D eigenvalue weighted by atomic mass is 16.5. The lowest BCUT2D eigenvalue weighted by Gasteiger charge is -2.23. The van der Waals surface area contributed by atoms with Gasteiger partial charge in [0.15, 0.2) is 6.04 Å². The van der Waals surface area contributed by atoms with E-state index in [9.17, 15) is 9.90 Å². The van der Waals surface area contributed by atoms with Crippen LogP contribution >= 0.6 is 0 Å². The zero-order valence-electron chi connectivity index (χ0n) is 17.7. The normalized spacial score (nSPS) is 11.5. The van der Waals surface area contributed by atoms with Gasteiger partial charge in [-0.3, -0.25) is 0 Å². The van der Waals surface area contributed by atoms with E-state index in [1.807, 2.05) is 19.1 Å². The van der Waals surface area contributed by atoms with Crippen LogP contribution in [0.15, 0.2) is 59.4 Å². The largest absolute Gasteiger partial charge is 0.488 e. The number of nitrogens with one attached hydrogen (secondary N) is 1. The summed E-state index contributed by atoms with van der Waals surface area (Å²) >= 11 is 0. The molecule has 0 fully saturated rings. The molecule has 0 radical (unpaired) electrons. The van der Waals surface area contributed by atoms with E-state index in [0.29, 0.717) is 22.6 Å². The van der Waals surface area contributed by atoms with E-state index in [1.54, 1.807) is 36.8 Å². The zero-order valence-corrected chi connectivity index (χ0v) is 17.7. The highest BCUT2D eigenvalue weighted by Gasteiger charge is 2.26. The number of anilines is 1. The molecular weight excluding hydrogens is 392 g/mol. The molecule has 2 N–H and O–H groups in total. The van der Waals surface area contributed by atoms with Gasteiger partial charge in [-0.1, -0.05) is 26.3 Å². The van der Waals surface area contributed by atoms with Crippen LogP contribution in [-0.4, -0.2) is 11.1 Å². The first-order chi connectivity index (χ1) is 15.0. The molecule has 3 aromatic rings. The SMILES string of the molecule is CCCc1cc(CC)cc(C(Nc2ccc(C#N)cc2)C(=O)O)c1OCc1ccoc1. The predicted octanol–water partition coefficient (Wildman–Crippen LogP) is 5.48. The highest BCUT2D eigenvalue weighted by Crippen LogP contribution is 2.35. The minimum absolute atomic E-state index is 0.287. The summed E-state index contributed by atoms with van der Waals surface area (Å²) in [5.74, 6) is -0.415. The van der Waals surface area contributed by atoms with Crippen LogP contribution in [0.4, 0.5) is 5.69 Å². The number of carbonyl (C=O) groups is 1. The van der Waals surface area contributed by atoms with Crippen molar-refractivity contribution in [1.29, 1.82) is 5.26 Å². The average Bonchev–Trinajstić information content (AvgIpc) is 3.30. The molecule has 0 amide bonds. The summed E-state index contributed by atoms with van der Waals surface area (Å²) in [5, 5.41) is 22.2. The fraction of sp³-hybridized carbons (Fsp3) is 0.280. The van der Waals surface area contributed by atoms with E-state index < -0.39 is 12.0 Å². The molecule has 1 heterocycles. The molecule has 0 saturated carbocycles. The van der Waals surface area contributed by atoms with Crippen molar-refractivity contribution in [3.63, 3.8) is 0 Å². The Morgan fingerprint density at radius 1 is 1.19 bits per heavy atom. The van der Waals surface area contributed by atoms with Gasteiger partial charge in [-0.05, 0) is 60.4 Å². The summed E-state index contributed by atoms with van der Waals surface area (Å²) in [7, 11) is 0. The van der Waals surface area contributed by atoms with Crippen molar-refractivity contribution in [2.45, 2.75) is 45.8 Å². The molecule has 1 aromatic heterocycles. The Morgan fingerprint density at radius 3 is 2.55 bits per heavy atom. The van der Waals surface area contributed by atoms with E-state index in [1.165, 1.54) is 0 Å². The number of hydrogen-bond donors (Lipinski definition) is 2. The minimum atomic E-state index is -1.01. The van der Waals surface area contributed by atoms with Crippen molar-refractivity contribution < 1.29 is 19.1 Å². The summed E-state index contributed by atoms with van der Waals surface area (Å²) < 4.78 is 11.3. The van der Waals surface area contributed by atoms with Gasteiger partial charge in [0.1, 0.15) is 12.4 Å². The van der Waals surface area contributed by atoms with Gasteiger partial charge in [-0.25, -0.2) is 4.79 Å². The van der Waals surface area contributed by atoms with Gasteiger partial charge in [0, 0.05) is 16.8 Å². The molecule has 0 aliphatic heterocycles. The molecule has 6 heteroatoms. The van der Waals surface area contributed by atoms with E-state index in [0.717, 1.165) is 36.0 Å². The van der Waals surface area contributed by atoms with Crippen LogP contribution in [0.5, 0.6) is 5.75 Å². The number of hydrogen-bond acceptors (Lipinski definition) is 5. The zero-order chi connectivity index (χ0) is 22.2. The van der Waals surface area contributed by atoms with Gasteiger partial charge >= 0.3 is 5.97 Å². The molecule has 0 aliphatic carbocycles. The lowest BCUT2D eigenvalue weighted by molar-refractivity contribution is -0.138.